The number of amides is 2. The van der Waals surface area contributed by atoms with Crippen molar-refractivity contribution in [2.45, 2.75) is 71.5 Å². The highest BCUT2D eigenvalue weighted by atomic mass is 16.6. The number of aromatic nitrogens is 2. The number of methoxy groups -OCH3 is 1. The standard InChI is InChI=1S/C29H40N4O6/c1-28(2,3)38-26(35)31-13-11-19(16-31)14-25(34)32-17-21(18-32)20-8-9-24(37-7)22(15-20)23-10-12-30-33(23)27(36)39-29(4,5)6/h8-10,12,15,19,21H,11,13-14,16-18H2,1-7H3/t19-/m0/s1. The van der Waals surface area contributed by atoms with E-state index in [0.717, 1.165) is 17.5 Å². The molecule has 4 rings (SSSR count). The fourth-order valence-corrected chi connectivity index (χ4v) is 4.90. The maximum atomic E-state index is 13.0. The van der Waals surface area contributed by atoms with Gasteiger partial charge in [-0.3, -0.25) is 4.79 Å². The molecule has 0 spiro atoms. The summed E-state index contributed by atoms with van der Waals surface area (Å²) < 4.78 is 17.8. The van der Waals surface area contributed by atoms with E-state index in [-0.39, 0.29) is 23.8 Å². The Balaban J connectivity index is 1.37. The summed E-state index contributed by atoms with van der Waals surface area (Å²) in [4.78, 5) is 41.6. The van der Waals surface area contributed by atoms with Crippen molar-refractivity contribution in [2.24, 2.45) is 5.92 Å². The van der Waals surface area contributed by atoms with Gasteiger partial charge in [0, 0.05) is 44.1 Å². The minimum atomic E-state index is -0.652. The van der Waals surface area contributed by atoms with E-state index < -0.39 is 17.3 Å². The minimum absolute atomic E-state index is 0.110. The van der Waals surface area contributed by atoms with E-state index in [4.69, 9.17) is 14.2 Å². The second-order valence-corrected chi connectivity index (χ2v) is 12.3. The lowest BCUT2D eigenvalue weighted by Gasteiger charge is -2.40. The van der Waals surface area contributed by atoms with Crippen LogP contribution >= 0.6 is 0 Å². The Hall–Kier alpha value is -3.56. The van der Waals surface area contributed by atoms with Crippen LogP contribution in [-0.2, 0) is 14.3 Å². The number of likely N-dealkylation sites (tertiary alicyclic amines) is 2. The molecule has 2 saturated heterocycles. The van der Waals surface area contributed by atoms with Crippen molar-refractivity contribution < 1.29 is 28.6 Å². The zero-order valence-corrected chi connectivity index (χ0v) is 24.0. The first-order chi connectivity index (χ1) is 18.2. The quantitative estimate of drug-likeness (QED) is 0.531. The summed E-state index contributed by atoms with van der Waals surface area (Å²) in [6.45, 7) is 13.4. The van der Waals surface area contributed by atoms with Crippen LogP contribution in [0.2, 0.25) is 0 Å². The first-order valence-corrected chi connectivity index (χ1v) is 13.5. The molecule has 10 heteroatoms. The van der Waals surface area contributed by atoms with Crippen molar-refractivity contribution in [3.05, 3.63) is 36.0 Å². The summed E-state index contributed by atoms with van der Waals surface area (Å²) in [5, 5.41) is 4.18. The summed E-state index contributed by atoms with van der Waals surface area (Å²) in [6.07, 6.45) is 1.91. The first-order valence-electron chi connectivity index (χ1n) is 13.5. The second kappa shape index (κ2) is 10.9. The van der Waals surface area contributed by atoms with Crippen LogP contribution in [0.4, 0.5) is 9.59 Å². The van der Waals surface area contributed by atoms with Gasteiger partial charge < -0.3 is 24.0 Å². The van der Waals surface area contributed by atoms with Crippen LogP contribution in [0, 0.1) is 5.92 Å². The lowest BCUT2D eigenvalue weighted by molar-refractivity contribution is -0.136. The van der Waals surface area contributed by atoms with Crippen LogP contribution in [0.5, 0.6) is 5.75 Å². The van der Waals surface area contributed by atoms with Gasteiger partial charge in [0.15, 0.2) is 0 Å². The second-order valence-electron chi connectivity index (χ2n) is 12.3. The largest absolute Gasteiger partial charge is 0.496 e. The molecule has 2 amide bonds. The number of hydrogen-bond acceptors (Lipinski definition) is 7. The molecule has 1 aromatic heterocycles. The van der Waals surface area contributed by atoms with Gasteiger partial charge in [0.05, 0.1) is 19.0 Å². The lowest BCUT2D eigenvalue weighted by atomic mass is 9.89. The Morgan fingerprint density at radius 2 is 1.59 bits per heavy atom. The molecule has 0 radical (unpaired) electrons. The number of carbonyl (C=O) groups is 3. The average Bonchev–Trinajstić information content (AvgIpc) is 3.45. The fraction of sp³-hybridized carbons (Fsp3) is 0.586. The zero-order chi connectivity index (χ0) is 28.5. The van der Waals surface area contributed by atoms with Gasteiger partial charge in [-0.25, -0.2) is 9.59 Å². The molecule has 10 nitrogen and oxygen atoms in total. The van der Waals surface area contributed by atoms with Crippen LogP contribution in [0.1, 0.15) is 65.9 Å². The molecular formula is C29H40N4O6. The molecule has 2 aliphatic rings. The molecule has 2 aliphatic heterocycles. The molecule has 3 heterocycles. The van der Waals surface area contributed by atoms with E-state index in [9.17, 15) is 14.4 Å². The van der Waals surface area contributed by atoms with Crippen LogP contribution in [0.25, 0.3) is 11.3 Å². The third-order valence-corrected chi connectivity index (χ3v) is 6.82. The van der Waals surface area contributed by atoms with Gasteiger partial charge in [0.1, 0.15) is 17.0 Å². The Kier molecular flexibility index (Phi) is 7.95. The molecule has 0 unspecified atom stereocenters. The Bertz CT molecular complexity index is 1220. The third-order valence-electron chi connectivity index (χ3n) is 6.82. The number of rotatable bonds is 5. The van der Waals surface area contributed by atoms with E-state index in [1.54, 1.807) is 24.3 Å². The lowest BCUT2D eigenvalue weighted by Crippen LogP contribution is -2.49. The molecule has 0 saturated carbocycles. The van der Waals surface area contributed by atoms with E-state index in [1.807, 2.05) is 64.6 Å². The fourth-order valence-electron chi connectivity index (χ4n) is 4.90. The maximum absolute atomic E-state index is 13.0. The molecule has 1 aromatic carbocycles. The van der Waals surface area contributed by atoms with E-state index in [0.29, 0.717) is 44.0 Å². The highest BCUT2D eigenvalue weighted by Crippen LogP contribution is 2.36. The molecular weight excluding hydrogens is 500 g/mol. The smallest absolute Gasteiger partial charge is 0.435 e. The van der Waals surface area contributed by atoms with Gasteiger partial charge in [-0.1, -0.05) is 6.07 Å². The van der Waals surface area contributed by atoms with E-state index in [2.05, 4.69) is 5.10 Å². The zero-order valence-electron chi connectivity index (χ0n) is 24.0. The Morgan fingerprint density at radius 3 is 2.23 bits per heavy atom. The summed E-state index contributed by atoms with van der Waals surface area (Å²) in [5.74, 6) is 1.05. The number of ether oxygens (including phenoxy) is 3. The first kappa shape index (κ1) is 28.4. The number of carbonyl (C=O) groups excluding carboxylic acids is 3. The highest BCUT2D eigenvalue weighted by molar-refractivity contribution is 5.80. The average molecular weight is 541 g/mol. The maximum Gasteiger partial charge on any atom is 0.435 e. The Labute approximate surface area is 230 Å². The van der Waals surface area contributed by atoms with Gasteiger partial charge in [0.2, 0.25) is 5.91 Å². The van der Waals surface area contributed by atoms with Crippen LogP contribution < -0.4 is 4.74 Å². The van der Waals surface area contributed by atoms with Gasteiger partial charge >= 0.3 is 12.2 Å². The van der Waals surface area contributed by atoms with Crippen molar-refractivity contribution in [1.29, 1.82) is 0 Å². The monoisotopic (exact) mass is 540 g/mol. The summed E-state index contributed by atoms with van der Waals surface area (Å²) in [6, 6.07) is 7.63. The molecule has 0 N–H and O–H groups in total. The van der Waals surface area contributed by atoms with Crippen molar-refractivity contribution in [3.8, 4) is 17.0 Å². The minimum Gasteiger partial charge on any atom is -0.496 e. The molecule has 39 heavy (non-hydrogen) atoms. The van der Waals surface area contributed by atoms with Crippen molar-refractivity contribution in [3.63, 3.8) is 0 Å². The number of hydrogen-bond donors (Lipinski definition) is 0. The molecule has 212 valence electrons. The SMILES string of the molecule is COc1ccc(C2CN(C(=O)C[C@@H]3CCN(C(=O)OC(C)(C)C)C3)C2)cc1-c1ccnn1C(=O)OC(C)(C)C. The summed E-state index contributed by atoms with van der Waals surface area (Å²) in [5.41, 5.74) is 1.18. The van der Waals surface area contributed by atoms with E-state index >= 15 is 0 Å². The van der Waals surface area contributed by atoms with Crippen molar-refractivity contribution in [2.75, 3.05) is 33.3 Å². The normalized spacial score (nSPS) is 18.1. The van der Waals surface area contributed by atoms with Crippen molar-refractivity contribution in [1.82, 2.24) is 19.6 Å². The van der Waals surface area contributed by atoms with Crippen LogP contribution in [0.3, 0.4) is 0 Å². The number of benzene rings is 1. The predicted molar refractivity (Wildman–Crippen MR) is 146 cm³/mol. The molecule has 1 atom stereocenters. The summed E-state index contributed by atoms with van der Waals surface area (Å²) in [7, 11) is 1.59. The van der Waals surface area contributed by atoms with Crippen LogP contribution in [-0.4, -0.2) is 82.2 Å². The highest BCUT2D eigenvalue weighted by Gasteiger charge is 2.36. The third kappa shape index (κ3) is 6.91. The van der Waals surface area contributed by atoms with Gasteiger partial charge in [-0.05, 0) is 77.6 Å². The molecule has 2 fully saturated rings. The van der Waals surface area contributed by atoms with Gasteiger partial charge in [-0.2, -0.15) is 9.78 Å². The van der Waals surface area contributed by atoms with E-state index in [1.165, 1.54) is 4.68 Å². The predicted octanol–water partition coefficient (Wildman–Crippen LogP) is 4.91. The molecule has 0 bridgehead atoms. The van der Waals surface area contributed by atoms with Gasteiger partial charge in [-0.15, -0.1) is 0 Å². The van der Waals surface area contributed by atoms with Crippen LogP contribution in [0.15, 0.2) is 30.5 Å². The summed E-state index contributed by atoms with van der Waals surface area (Å²) >= 11 is 0. The Morgan fingerprint density at radius 1 is 0.923 bits per heavy atom. The van der Waals surface area contributed by atoms with Gasteiger partial charge in [0.25, 0.3) is 0 Å². The van der Waals surface area contributed by atoms with Crippen molar-refractivity contribution >= 4 is 18.1 Å². The topological polar surface area (TPSA) is 103 Å². The number of nitrogens with zero attached hydrogens (tertiary/aromatic N) is 4. The molecule has 2 aromatic rings. The molecule has 0 aliphatic carbocycles.